The molecule has 0 saturated carbocycles. The van der Waals surface area contributed by atoms with Gasteiger partial charge in [-0.2, -0.15) is 0 Å². The Bertz CT molecular complexity index is 165. The van der Waals surface area contributed by atoms with Gasteiger partial charge >= 0.3 is 0 Å². The molecule has 16 heavy (non-hydrogen) atoms. The zero-order valence-corrected chi connectivity index (χ0v) is 11.4. The lowest BCUT2D eigenvalue weighted by Crippen LogP contribution is -2.10. The minimum Gasteiger partial charge on any atom is -0.396 e. The van der Waals surface area contributed by atoms with Crippen LogP contribution in [0, 0.1) is 17.8 Å². The van der Waals surface area contributed by atoms with Crippen molar-refractivity contribution in [3.8, 4) is 0 Å². The van der Waals surface area contributed by atoms with Crippen molar-refractivity contribution in [1.82, 2.24) is 0 Å². The van der Waals surface area contributed by atoms with E-state index < -0.39 is 0 Å². The monoisotopic (exact) mass is 226 g/mol. The lowest BCUT2D eigenvalue weighted by atomic mass is 9.87. The molecule has 0 radical (unpaired) electrons. The van der Waals surface area contributed by atoms with E-state index in [-0.39, 0.29) is 0 Å². The van der Waals surface area contributed by atoms with E-state index in [9.17, 15) is 0 Å². The van der Waals surface area contributed by atoms with Crippen molar-refractivity contribution in [2.24, 2.45) is 17.8 Å². The van der Waals surface area contributed by atoms with E-state index in [1.54, 1.807) is 0 Å². The Kier molecular flexibility index (Phi) is 9.71. The SMILES string of the molecule is C=CCCCC[C@@H](C)C[C@@H](C)C[C@@H](C)CO. The quantitative estimate of drug-likeness (QED) is 0.432. The molecule has 0 bridgehead atoms. The summed E-state index contributed by atoms with van der Waals surface area (Å²) in [5, 5.41) is 9.01. The summed E-state index contributed by atoms with van der Waals surface area (Å²) in [7, 11) is 0. The largest absolute Gasteiger partial charge is 0.396 e. The number of allylic oxidation sites excluding steroid dienone is 1. The van der Waals surface area contributed by atoms with Crippen LogP contribution in [-0.4, -0.2) is 11.7 Å². The third-order valence-electron chi connectivity index (χ3n) is 3.28. The molecule has 0 amide bonds. The second-order valence-electron chi connectivity index (χ2n) is 5.54. The smallest absolute Gasteiger partial charge is 0.0456 e. The fraction of sp³-hybridized carbons (Fsp3) is 0.867. The number of unbranched alkanes of at least 4 members (excludes halogenated alkanes) is 2. The van der Waals surface area contributed by atoms with E-state index in [4.69, 9.17) is 5.11 Å². The van der Waals surface area contributed by atoms with Gasteiger partial charge in [-0.05, 0) is 43.4 Å². The van der Waals surface area contributed by atoms with E-state index in [0.29, 0.717) is 12.5 Å². The maximum Gasteiger partial charge on any atom is 0.0456 e. The first-order valence-corrected chi connectivity index (χ1v) is 6.81. The van der Waals surface area contributed by atoms with Gasteiger partial charge in [-0.3, -0.25) is 0 Å². The van der Waals surface area contributed by atoms with E-state index in [0.717, 1.165) is 24.7 Å². The highest BCUT2D eigenvalue weighted by molar-refractivity contribution is 4.67. The second-order valence-corrected chi connectivity index (χ2v) is 5.54. The molecule has 1 heteroatoms. The zero-order chi connectivity index (χ0) is 12.4. The maximum absolute atomic E-state index is 9.01. The molecule has 96 valence electrons. The zero-order valence-electron chi connectivity index (χ0n) is 11.4. The Morgan fingerprint density at radius 2 is 1.62 bits per heavy atom. The Morgan fingerprint density at radius 3 is 2.19 bits per heavy atom. The lowest BCUT2D eigenvalue weighted by molar-refractivity contribution is 0.206. The van der Waals surface area contributed by atoms with Crippen LogP contribution in [0.3, 0.4) is 0 Å². The number of hydrogen-bond donors (Lipinski definition) is 1. The van der Waals surface area contributed by atoms with Crippen molar-refractivity contribution < 1.29 is 5.11 Å². The summed E-state index contributed by atoms with van der Waals surface area (Å²) in [5.41, 5.74) is 0. The average Bonchev–Trinajstić information content (AvgIpc) is 2.24. The Labute approximate surface area is 102 Å². The van der Waals surface area contributed by atoms with Gasteiger partial charge in [0.15, 0.2) is 0 Å². The molecule has 0 rings (SSSR count). The normalized spacial score (nSPS) is 16.8. The predicted molar refractivity (Wildman–Crippen MR) is 72.5 cm³/mol. The van der Waals surface area contributed by atoms with Crippen molar-refractivity contribution in [2.75, 3.05) is 6.61 Å². The van der Waals surface area contributed by atoms with E-state index in [1.807, 2.05) is 6.08 Å². The average molecular weight is 226 g/mol. The molecule has 0 spiro atoms. The summed E-state index contributed by atoms with van der Waals surface area (Å²) in [6, 6.07) is 0. The van der Waals surface area contributed by atoms with Gasteiger partial charge in [-0.25, -0.2) is 0 Å². The standard InChI is InChI=1S/C15H30O/c1-5-6-7-8-9-13(2)10-14(3)11-15(4)12-16/h5,13-16H,1,6-12H2,2-4H3/t13-,14-,15-/m1/s1. The van der Waals surface area contributed by atoms with Crippen molar-refractivity contribution >= 4 is 0 Å². The predicted octanol–water partition coefficient (Wildman–Crippen LogP) is 4.41. The Morgan fingerprint density at radius 1 is 1.00 bits per heavy atom. The molecule has 0 aromatic carbocycles. The third kappa shape index (κ3) is 8.96. The summed E-state index contributed by atoms with van der Waals surface area (Å²) in [5.74, 6) is 2.03. The van der Waals surface area contributed by atoms with Crippen molar-refractivity contribution in [3.05, 3.63) is 12.7 Å². The molecule has 1 N–H and O–H groups in total. The number of aliphatic hydroxyl groups excluding tert-OH is 1. The summed E-state index contributed by atoms with van der Waals surface area (Å²) in [6.45, 7) is 10.9. The number of hydrogen-bond acceptors (Lipinski definition) is 1. The van der Waals surface area contributed by atoms with Gasteiger partial charge in [0, 0.05) is 6.61 Å². The summed E-state index contributed by atoms with van der Waals surface area (Å²) in [6.07, 6.45) is 9.59. The molecule has 3 atom stereocenters. The van der Waals surface area contributed by atoms with Crippen LogP contribution in [0.15, 0.2) is 12.7 Å². The van der Waals surface area contributed by atoms with Crippen LogP contribution < -0.4 is 0 Å². The topological polar surface area (TPSA) is 20.2 Å². The van der Waals surface area contributed by atoms with Gasteiger partial charge in [-0.1, -0.05) is 39.7 Å². The third-order valence-corrected chi connectivity index (χ3v) is 3.28. The van der Waals surface area contributed by atoms with E-state index in [2.05, 4.69) is 27.4 Å². The molecule has 1 nitrogen and oxygen atoms in total. The van der Waals surface area contributed by atoms with Gasteiger partial charge in [0.05, 0.1) is 0 Å². The van der Waals surface area contributed by atoms with Crippen molar-refractivity contribution in [2.45, 2.75) is 59.3 Å². The van der Waals surface area contributed by atoms with Crippen LogP contribution in [-0.2, 0) is 0 Å². The van der Waals surface area contributed by atoms with Crippen LogP contribution in [0.4, 0.5) is 0 Å². The van der Waals surface area contributed by atoms with Crippen LogP contribution in [0.2, 0.25) is 0 Å². The van der Waals surface area contributed by atoms with Gasteiger partial charge in [0.1, 0.15) is 0 Å². The molecule has 0 aliphatic heterocycles. The molecule has 0 heterocycles. The molecule has 0 aliphatic carbocycles. The number of aliphatic hydroxyl groups is 1. The number of rotatable bonds is 10. The lowest BCUT2D eigenvalue weighted by Gasteiger charge is -2.19. The van der Waals surface area contributed by atoms with Gasteiger partial charge in [0.25, 0.3) is 0 Å². The van der Waals surface area contributed by atoms with E-state index in [1.165, 1.54) is 25.7 Å². The van der Waals surface area contributed by atoms with Crippen molar-refractivity contribution in [1.29, 1.82) is 0 Å². The minimum atomic E-state index is 0.331. The highest BCUT2D eigenvalue weighted by atomic mass is 16.3. The van der Waals surface area contributed by atoms with E-state index >= 15 is 0 Å². The minimum absolute atomic E-state index is 0.331. The highest BCUT2D eigenvalue weighted by Crippen LogP contribution is 2.23. The van der Waals surface area contributed by atoms with Crippen LogP contribution in [0.25, 0.3) is 0 Å². The summed E-state index contributed by atoms with van der Waals surface area (Å²) < 4.78 is 0. The van der Waals surface area contributed by atoms with Gasteiger partial charge in [0.2, 0.25) is 0 Å². The fourth-order valence-electron chi connectivity index (χ4n) is 2.44. The highest BCUT2D eigenvalue weighted by Gasteiger charge is 2.11. The first-order chi connectivity index (χ1) is 7.60. The molecular weight excluding hydrogens is 196 g/mol. The maximum atomic E-state index is 9.01. The molecule has 0 aromatic heterocycles. The first kappa shape index (κ1) is 15.7. The molecule has 0 fully saturated rings. The molecular formula is C15H30O. The molecule has 0 saturated heterocycles. The van der Waals surface area contributed by atoms with Crippen molar-refractivity contribution in [3.63, 3.8) is 0 Å². The summed E-state index contributed by atoms with van der Waals surface area (Å²) >= 11 is 0. The van der Waals surface area contributed by atoms with Gasteiger partial charge < -0.3 is 5.11 Å². The Hall–Kier alpha value is -0.300. The van der Waals surface area contributed by atoms with Crippen LogP contribution in [0.1, 0.15) is 59.3 Å². The van der Waals surface area contributed by atoms with Crippen LogP contribution >= 0.6 is 0 Å². The van der Waals surface area contributed by atoms with Gasteiger partial charge in [-0.15, -0.1) is 6.58 Å². The van der Waals surface area contributed by atoms with Crippen LogP contribution in [0.5, 0.6) is 0 Å². The second kappa shape index (κ2) is 9.89. The first-order valence-electron chi connectivity index (χ1n) is 6.81. The Balaban J connectivity index is 3.53. The molecule has 0 aromatic rings. The fourth-order valence-corrected chi connectivity index (χ4v) is 2.44. The molecule has 0 unspecified atom stereocenters. The molecule has 0 aliphatic rings. The summed E-state index contributed by atoms with van der Waals surface area (Å²) in [4.78, 5) is 0.